The topological polar surface area (TPSA) is 85.7 Å². The molecule has 0 aliphatic heterocycles. The summed E-state index contributed by atoms with van der Waals surface area (Å²) >= 11 is 1.49. The molecule has 0 saturated carbocycles. The minimum Gasteiger partial charge on any atom is -0.497 e. The Kier molecular flexibility index (Phi) is 6.54. The zero-order chi connectivity index (χ0) is 19.9. The monoisotopic (exact) mass is 398 g/mol. The van der Waals surface area contributed by atoms with Crippen molar-refractivity contribution in [1.29, 1.82) is 0 Å². The maximum Gasteiger partial charge on any atom is 0.318 e. The van der Waals surface area contributed by atoms with Gasteiger partial charge in [0.15, 0.2) is 0 Å². The molecule has 146 valence electrons. The van der Waals surface area contributed by atoms with Crippen LogP contribution >= 0.6 is 11.3 Å². The molecule has 0 aliphatic rings. The van der Waals surface area contributed by atoms with Crippen LogP contribution in [0.5, 0.6) is 11.8 Å². The molecule has 1 N–H and O–H groups in total. The van der Waals surface area contributed by atoms with E-state index in [2.05, 4.69) is 20.5 Å². The van der Waals surface area contributed by atoms with Crippen LogP contribution in [0.3, 0.4) is 0 Å². The number of rotatable bonds is 9. The minimum absolute atomic E-state index is 0.293. The summed E-state index contributed by atoms with van der Waals surface area (Å²) in [6, 6.07) is 13.6. The molecule has 0 bridgehead atoms. The molecule has 0 radical (unpaired) electrons. The maximum absolute atomic E-state index is 10.8. The fraction of sp³-hybridized carbons (Fsp3) is 0.300. The molecule has 2 heterocycles. The Hall–Kier alpha value is -3.00. The average Bonchev–Trinajstić information content (AvgIpc) is 3.24. The van der Waals surface area contributed by atoms with Crippen LogP contribution in [0.15, 0.2) is 47.6 Å². The van der Waals surface area contributed by atoms with E-state index in [1.807, 2.05) is 42.5 Å². The van der Waals surface area contributed by atoms with Gasteiger partial charge in [-0.05, 0) is 43.2 Å². The molecule has 3 aromatic rings. The number of anilines is 1. The SMILES string of the molecule is COc1ccc(CCNc2cc(-c3ccc(C(C)N=O)s3)nc(OC)n2)cc1. The zero-order valence-corrected chi connectivity index (χ0v) is 16.8. The van der Waals surface area contributed by atoms with Crippen LogP contribution in [0, 0.1) is 4.91 Å². The van der Waals surface area contributed by atoms with Crippen molar-refractivity contribution in [2.24, 2.45) is 5.18 Å². The summed E-state index contributed by atoms with van der Waals surface area (Å²) in [5, 5.41) is 6.40. The van der Waals surface area contributed by atoms with E-state index in [1.54, 1.807) is 21.1 Å². The van der Waals surface area contributed by atoms with Crippen molar-refractivity contribution in [3.8, 4) is 22.3 Å². The molecule has 3 rings (SSSR count). The van der Waals surface area contributed by atoms with Crippen LogP contribution in [0.25, 0.3) is 10.6 Å². The number of hydrogen-bond donors (Lipinski definition) is 1. The maximum atomic E-state index is 10.8. The summed E-state index contributed by atoms with van der Waals surface area (Å²) in [4.78, 5) is 21.4. The van der Waals surface area contributed by atoms with Crippen LogP contribution in [0.1, 0.15) is 23.4 Å². The van der Waals surface area contributed by atoms with Gasteiger partial charge in [0.25, 0.3) is 0 Å². The van der Waals surface area contributed by atoms with Gasteiger partial charge < -0.3 is 14.8 Å². The quantitative estimate of drug-likeness (QED) is 0.526. The molecular weight excluding hydrogens is 376 g/mol. The Bertz CT molecular complexity index is 927. The summed E-state index contributed by atoms with van der Waals surface area (Å²) in [7, 11) is 3.20. The zero-order valence-electron chi connectivity index (χ0n) is 16.0. The molecule has 0 saturated heterocycles. The first kappa shape index (κ1) is 19.8. The van der Waals surface area contributed by atoms with E-state index in [4.69, 9.17) is 9.47 Å². The van der Waals surface area contributed by atoms with Gasteiger partial charge in [0.2, 0.25) is 0 Å². The van der Waals surface area contributed by atoms with Gasteiger partial charge in [0, 0.05) is 17.5 Å². The highest BCUT2D eigenvalue weighted by Gasteiger charge is 2.13. The number of nitrogens with zero attached hydrogens (tertiary/aromatic N) is 3. The number of benzene rings is 1. The van der Waals surface area contributed by atoms with Crippen LogP contribution in [-0.4, -0.2) is 30.7 Å². The number of hydrogen-bond acceptors (Lipinski definition) is 8. The van der Waals surface area contributed by atoms with Crippen molar-refractivity contribution in [3.05, 3.63) is 57.8 Å². The lowest BCUT2D eigenvalue weighted by molar-refractivity contribution is 0.381. The van der Waals surface area contributed by atoms with E-state index < -0.39 is 0 Å². The fourth-order valence-corrected chi connectivity index (χ4v) is 3.58. The number of methoxy groups -OCH3 is 2. The van der Waals surface area contributed by atoms with Gasteiger partial charge in [-0.1, -0.05) is 17.3 Å². The molecule has 8 heteroatoms. The van der Waals surface area contributed by atoms with Crippen LogP contribution in [0.2, 0.25) is 0 Å². The Morgan fingerprint density at radius 3 is 2.57 bits per heavy atom. The van der Waals surface area contributed by atoms with E-state index in [0.29, 0.717) is 18.4 Å². The number of aromatic nitrogens is 2. The molecule has 1 unspecified atom stereocenters. The molecule has 2 aromatic heterocycles. The Morgan fingerprint density at radius 1 is 1.11 bits per heavy atom. The number of nitroso groups, excluding NO2 is 1. The number of thiophene rings is 1. The summed E-state index contributed by atoms with van der Waals surface area (Å²) in [5.41, 5.74) is 1.95. The lowest BCUT2D eigenvalue weighted by atomic mass is 10.1. The molecule has 7 nitrogen and oxygen atoms in total. The Balaban J connectivity index is 1.71. The second kappa shape index (κ2) is 9.27. The first-order valence-electron chi connectivity index (χ1n) is 8.85. The van der Waals surface area contributed by atoms with Crippen molar-refractivity contribution in [1.82, 2.24) is 9.97 Å². The third kappa shape index (κ3) is 4.83. The third-order valence-electron chi connectivity index (χ3n) is 4.22. The highest BCUT2D eigenvalue weighted by Crippen LogP contribution is 2.33. The summed E-state index contributed by atoms with van der Waals surface area (Å²) < 4.78 is 10.4. The minimum atomic E-state index is -0.371. The molecule has 0 spiro atoms. The molecule has 0 amide bonds. The smallest absolute Gasteiger partial charge is 0.318 e. The first-order valence-corrected chi connectivity index (χ1v) is 9.67. The second-order valence-corrected chi connectivity index (χ2v) is 7.25. The Morgan fingerprint density at radius 2 is 1.89 bits per heavy atom. The predicted octanol–water partition coefficient (Wildman–Crippen LogP) is 4.70. The molecule has 0 aliphatic carbocycles. The van der Waals surface area contributed by atoms with Gasteiger partial charge in [0.05, 0.1) is 24.8 Å². The second-order valence-electron chi connectivity index (χ2n) is 6.13. The third-order valence-corrected chi connectivity index (χ3v) is 5.49. The van der Waals surface area contributed by atoms with Crippen molar-refractivity contribution >= 4 is 17.2 Å². The van der Waals surface area contributed by atoms with Gasteiger partial charge in [-0.15, -0.1) is 11.3 Å². The summed E-state index contributed by atoms with van der Waals surface area (Å²) in [6.07, 6.45) is 0.845. The molecule has 1 atom stereocenters. The van der Waals surface area contributed by atoms with E-state index in [-0.39, 0.29) is 6.04 Å². The fourth-order valence-electron chi connectivity index (χ4n) is 2.63. The molecule has 0 fully saturated rings. The number of ether oxygens (including phenoxy) is 2. The van der Waals surface area contributed by atoms with Gasteiger partial charge in [-0.3, -0.25) is 0 Å². The summed E-state index contributed by atoms with van der Waals surface area (Å²) in [5.74, 6) is 1.53. The largest absolute Gasteiger partial charge is 0.497 e. The van der Waals surface area contributed by atoms with Crippen molar-refractivity contribution in [2.75, 3.05) is 26.1 Å². The van der Waals surface area contributed by atoms with Gasteiger partial charge >= 0.3 is 6.01 Å². The van der Waals surface area contributed by atoms with Crippen LogP contribution < -0.4 is 14.8 Å². The van der Waals surface area contributed by atoms with E-state index in [0.717, 1.165) is 27.6 Å². The normalized spacial score (nSPS) is 11.7. The standard InChI is InChI=1S/C20H22N4O3S/c1-13(24-25)17-8-9-18(28-17)16-12-19(23-20(22-16)27-3)21-11-10-14-4-6-15(26-2)7-5-14/h4-9,12-13H,10-11H2,1-3H3,(H,21,22,23). The van der Waals surface area contributed by atoms with E-state index >= 15 is 0 Å². The van der Waals surface area contributed by atoms with E-state index in [9.17, 15) is 4.91 Å². The first-order chi connectivity index (χ1) is 13.6. The lowest BCUT2D eigenvalue weighted by Gasteiger charge is -2.09. The van der Waals surface area contributed by atoms with Crippen LogP contribution in [-0.2, 0) is 6.42 Å². The number of nitrogens with one attached hydrogen (secondary N) is 1. The van der Waals surface area contributed by atoms with Crippen molar-refractivity contribution in [2.45, 2.75) is 19.4 Å². The van der Waals surface area contributed by atoms with Gasteiger partial charge in [-0.25, -0.2) is 0 Å². The lowest BCUT2D eigenvalue weighted by Crippen LogP contribution is -2.07. The molecular formula is C20H22N4O3S. The predicted molar refractivity (Wildman–Crippen MR) is 111 cm³/mol. The molecule has 1 aromatic carbocycles. The van der Waals surface area contributed by atoms with Gasteiger partial charge in [-0.2, -0.15) is 14.9 Å². The Labute approximate surface area is 167 Å². The van der Waals surface area contributed by atoms with Crippen molar-refractivity contribution < 1.29 is 9.47 Å². The van der Waals surface area contributed by atoms with Crippen LogP contribution in [0.4, 0.5) is 5.82 Å². The average molecular weight is 398 g/mol. The summed E-state index contributed by atoms with van der Waals surface area (Å²) in [6.45, 7) is 2.49. The van der Waals surface area contributed by atoms with Crippen molar-refractivity contribution in [3.63, 3.8) is 0 Å². The van der Waals surface area contributed by atoms with Gasteiger partial charge in [0.1, 0.15) is 17.6 Å². The highest BCUT2D eigenvalue weighted by atomic mass is 32.1. The van der Waals surface area contributed by atoms with E-state index in [1.165, 1.54) is 16.9 Å². The molecule has 28 heavy (non-hydrogen) atoms. The highest BCUT2D eigenvalue weighted by molar-refractivity contribution is 7.15.